The SMILES string of the molecule is CCCCC1=C(c2ccc(CC)cc2)[N+](=[N-])C(c2ccc(CC)cc2)=C1CC.[CH3-].[CH3-].[Ni+2]. The second-order valence-electron chi connectivity index (χ2n) is 7.52. The van der Waals surface area contributed by atoms with E-state index in [9.17, 15) is 5.53 Å². The van der Waals surface area contributed by atoms with Crippen LogP contribution < -0.4 is 0 Å². The molecule has 0 unspecified atom stereocenters. The fourth-order valence-electron chi connectivity index (χ4n) is 4.05. The molecule has 3 heteroatoms. The smallest absolute Gasteiger partial charge is 0.493 e. The third kappa shape index (κ3) is 6.04. The van der Waals surface area contributed by atoms with Crippen LogP contribution in [0.3, 0.4) is 0 Å². The van der Waals surface area contributed by atoms with Gasteiger partial charge in [-0.3, -0.25) is 0 Å². The van der Waals surface area contributed by atoms with Crippen LogP contribution in [0.1, 0.15) is 75.6 Å². The molecule has 0 aromatic heterocycles. The zero-order valence-electron chi connectivity index (χ0n) is 20.1. The third-order valence-corrected chi connectivity index (χ3v) is 5.76. The number of benzene rings is 2. The van der Waals surface area contributed by atoms with E-state index in [-0.39, 0.29) is 31.3 Å². The predicted molar refractivity (Wildman–Crippen MR) is 132 cm³/mol. The van der Waals surface area contributed by atoms with E-state index in [0.29, 0.717) is 0 Å². The molecule has 1 heterocycles. The summed E-state index contributed by atoms with van der Waals surface area (Å²) in [7, 11) is 0. The van der Waals surface area contributed by atoms with Crippen molar-refractivity contribution in [3.05, 3.63) is 102 Å². The molecule has 0 spiro atoms. The van der Waals surface area contributed by atoms with Crippen molar-refractivity contribution in [1.82, 2.24) is 0 Å². The Morgan fingerprint density at radius 1 is 0.645 bits per heavy atom. The number of allylic oxidation sites excluding steroid dienone is 2. The van der Waals surface area contributed by atoms with Crippen LogP contribution in [0.25, 0.3) is 16.9 Å². The Kier molecular flexibility index (Phi) is 12.6. The van der Waals surface area contributed by atoms with Crippen LogP contribution in [0, 0.1) is 14.9 Å². The summed E-state index contributed by atoms with van der Waals surface area (Å²) in [5.74, 6) is 0. The second-order valence-corrected chi connectivity index (χ2v) is 7.52. The van der Waals surface area contributed by atoms with E-state index in [1.54, 1.807) is 0 Å². The molecule has 0 radical (unpaired) electrons. The van der Waals surface area contributed by atoms with Gasteiger partial charge in [0.1, 0.15) is 0 Å². The van der Waals surface area contributed by atoms with Gasteiger partial charge >= 0.3 is 16.5 Å². The molecule has 31 heavy (non-hydrogen) atoms. The van der Waals surface area contributed by atoms with Gasteiger partial charge in [0.05, 0.1) is 0 Å². The molecule has 1 aliphatic rings. The standard InChI is InChI=1S/C26H32N2.2CH3.Ni/c1-5-9-10-24-23(8-4)25(21-15-11-19(6-2)12-16-21)28(27)26(24)22-17-13-20(7-3)14-18-22;;;/h11-18H,5-10H2,1-4H3;2*1H3;/q;2*-1;+2. The average molecular weight is 461 g/mol. The summed E-state index contributed by atoms with van der Waals surface area (Å²) in [4.78, 5) is 0. The largest absolute Gasteiger partial charge is 2.00 e. The topological polar surface area (TPSA) is 25.3 Å². The van der Waals surface area contributed by atoms with E-state index >= 15 is 0 Å². The zero-order valence-corrected chi connectivity index (χ0v) is 21.1. The van der Waals surface area contributed by atoms with Crippen molar-refractivity contribution in [3.8, 4) is 0 Å². The molecule has 0 amide bonds. The van der Waals surface area contributed by atoms with Gasteiger partial charge in [-0.2, -0.15) is 0 Å². The maximum atomic E-state index is 11.3. The van der Waals surface area contributed by atoms with Gasteiger partial charge in [-0.05, 0) is 67.5 Å². The van der Waals surface area contributed by atoms with Gasteiger partial charge in [-0.1, -0.05) is 58.4 Å². The molecular formula is C28H38N2Ni. The second kappa shape index (κ2) is 13.4. The van der Waals surface area contributed by atoms with Gasteiger partial charge < -0.3 is 20.4 Å². The van der Waals surface area contributed by atoms with Crippen LogP contribution in [0.2, 0.25) is 0 Å². The van der Waals surface area contributed by atoms with Gasteiger partial charge in [0.15, 0.2) is 0 Å². The molecule has 0 saturated heterocycles. The van der Waals surface area contributed by atoms with Crippen molar-refractivity contribution in [1.29, 1.82) is 0 Å². The molecule has 0 atom stereocenters. The number of unbranched alkanes of at least 4 members (excludes halogenated alkanes) is 1. The molecule has 0 saturated carbocycles. The molecule has 2 aromatic rings. The van der Waals surface area contributed by atoms with E-state index < -0.39 is 0 Å². The summed E-state index contributed by atoms with van der Waals surface area (Å²) in [6.07, 6.45) is 6.24. The number of rotatable bonds is 8. The van der Waals surface area contributed by atoms with E-state index in [4.69, 9.17) is 0 Å². The average Bonchev–Trinajstić information content (AvgIpc) is 3.03. The number of hydrogen-bond acceptors (Lipinski definition) is 0. The third-order valence-electron chi connectivity index (χ3n) is 5.76. The summed E-state index contributed by atoms with van der Waals surface area (Å²) in [5.41, 5.74) is 20.6. The summed E-state index contributed by atoms with van der Waals surface area (Å²) in [5, 5.41) is 0. The summed E-state index contributed by atoms with van der Waals surface area (Å²) in [6.45, 7) is 8.76. The molecule has 0 fully saturated rings. The quantitative estimate of drug-likeness (QED) is 0.214. The fraction of sp³-hybridized carbons (Fsp3) is 0.357. The minimum absolute atomic E-state index is 0. The molecule has 0 aliphatic carbocycles. The Morgan fingerprint density at radius 2 is 1.06 bits per heavy atom. The van der Waals surface area contributed by atoms with Gasteiger partial charge in [-0.25, -0.2) is 4.70 Å². The van der Waals surface area contributed by atoms with Crippen molar-refractivity contribution in [2.75, 3.05) is 0 Å². The van der Waals surface area contributed by atoms with Crippen molar-refractivity contribution in [2.45, 2.75) is 66.2 Å². The Labute approximate surface area is 200 Å². The molecule has 0 bridgehead atoms. The Hall–Kier alpha value is -1.99. The van der Waals surface area contributed by atoms with Gasteiger partial charge in [0, 0.05) is 22.3 Å². The fourth-order valence-corrected chi connectivity index (χ4v) is 4.05. The van der Waals surface area contributed by atoms with E-state index in [1.807, 2.05) is 0 Å². The molecule has 1 aliphatic heterocycles. The molecule has 170 valence electrons. The van der Waals surface area contributed by atoms with Crippen molar-refractivity contribution in [2.24, 2.45) is 0 Å². The molecule has 3 rings (SSSR count). The Bertz CT molecular complexity index is 903. The minimum atomic E-state index is 0. The predicted octanol–water partition coefficient (Wildman–Crippen LogP) is 8.48. The van der Waals surface area contributed by atoms with Crippen molar-refractivity contribution in [3.63, 3.8) is 0 Å². The van der Waals surface area contributed by atoms with Gasteiger partial charge in [0.25, 0.3) is 0 Å². The first kappa shape index (κ1) is 29.0. The first-order valence-corrected chi connectivity index (χ1v) is 10.8. The maximum Gasteiger partial charge on any atom is 2.00 e. The Balaban J connectivity index is 0.00000300. The Morgan fingerprint density at radius 3 is 1.42 bits per heavy atom. The molecular weight excluding hydrogens is 423 g/mol. The number of nitrogens with zero attached hydrogens (tertiary/aromatic N) is 2. The van der Waals surface area contributed by atoms with Gasteiger partial charge in [0.2, 0.25) is 11.4 Å². The van der Waals surface area contributed by atoms with Gasteiger partial charge in [-0.15, -0.1) is 0 Å². The normalized spacial score (nSPS) is 13.0. The maximum absolute atomic E-state index is 11.3. The van der Waals surface area contributed by atoms with Crippen LogP contribution in [0.5, 0.6) is 0 Å². The first-order valence-electron chi connectivity index (χ1n) is 10.8. The van der Waals surface area contributed by atoms with Crippen molar-refractivity contribution < 1.29 is 21.2 Å². The van der Waals surface area contributed by atoms with Crippen molar-refractivity contribution >= 4 is 11.4 Å². The number of hydrogen-bond donors (Lipinski definition) is 0. The summed E-state index contributed by atoms with van der Waals surface area (Å²) < 4.78 is 1.45. The molecule has 0 N–H and O–H groups in total. The first-order chi connectivity index (χ1) is 13.6. The minimum Gasteiger partial charge on any atom is -0.493 e. The summed E-state index contributed by atoms with van der Waals surface area (Å²) >= 11 is 0. The van der Waals surface area contributed by atoms with Crippen LogP contribution >= 0.6 is 0 Å². The van der Waals surface area contributed by atoms with Crippen LogP contribution in [-0.2, 0) is 29.3 Å². The van der Waals surface area contributed by atoms with E-state index in [1.165, 1.54) is 27.0 Å². The molecule has 2 aromatic carbocycles. The zero-order chi connectivity index (χ0) is 20.1. The summed E-state index contributed by atoms with van der Waals surface area (Å²) in [6, 6.07) is 17.3. The van der Waals surface area contributed by atoms with Crippen LogP contribution in [0.15, 0.2) is 59.7 Å². The van der Waals surface area contributed by atoms with Crippen LogP contribution in [0.4, 0.5) is 0 Å². The monoisotopic (exact) mass is 460 g/mol. The number of aryl methyl sites for hydroxylation is 2. The molecule has 2 nitrogen and oxygen atoms in total. The van der Waals surface area contributed by atoms with E-state index in [0.717, 1.165) is 61.0 Å². The van der Waals surface area contributed by atoms with Crippen LogP contribution in [-0.4, -0.2) is 4.70 Å². The van der Waals surface area contributed by atoms with E-state index in [2.05, 4.69) is 76.2 Å².